The molecule has 74 valence electrons. The van der Waals surface area contributed by atoms with Gasteiger partial charge < -0.3 is 10.5 Å². The van der Waals surface area contributed by atoms with Crippen LogP contribution in [-0.4, -0.2) is 17.5 Å². The Morgan fingerprint density at radius 1 is 1.50 bits per heavy atom. The number of nitrogens with one attached hydrogen (secondary N) is 1. The monoisotopic (exact) mass is 190 g/mol. The van der Waals surface area contributed by atoms with Crippen molar-refractivity contribution in [2.45, 2.75) is 19.8 Å². The van der Waals surface area contributed by atoms with Crippen molar-refractivity contribution in [3.63, 3.8) is 0 Å². The van der Waals surface area contributed by atoms with Gasteiger partial charge in [0.15, 0.2) is 0 Å². The minimum absolute atomic E-state index is 0.786. The molecule has 2 rings (SSSR count). The molecular formula is C11H14N2O. The van der Waals surface area contributed by atoms with Crippen molar-refractivity contribution in [1.29, 1.82) is 0 Å². The third-order valence-electron chi connectivity index (χ3n) is 2.60. The lowest BCUT2D eigenvalue weighted by Gasteiger charge is -2.19. The molecule has 0 spiro atoms. The van der Waals surface area contributed by atoms with Crippen molar-refractivity contribution in [3.05, 3.63) is 29.3 Å². The third-order valence-corrected chi connectivity index (χ3v) is 2.60. The Hall–Kier alpha value is -1.51. The van der Waals surface area contributed by atoms with Crippen LogP contribution in [0.15, 0.2) is 23.4 Å². The van der Waals surface area contributed by atoms with E-state index in [9.17, 15) is 0 Å². The van der Waals surface area contributed by atoms with Gasteiger partial charge in [-0.1, -0.05) is 18.1 Å². The summed E-state index contributed by atoms with van der Waals surface area (Å²) in [5, 5.41) is 15.5. The molecule has 1 aliphatic rings. The number of hydrogen-bond acceptors (Lipinski definition) is 3. The Morgan fingerprint density at radius 2 is 2.36 bits per heavy atom. The molecular weight excluding hydrogens is 176 g/mol. The van der Waals surface area contributed by atoms with E-state index in [0.29, 0.717) is 0 Å². The lowest BCUT2D eigenvalue weighted by molar-refractivity contribution is 0.318. The van der Waals surface area contributed by atoms with Crippen LogP contribution in [0.25, 0.3) is 0 Å². The highest BCUT2D eigenvalue weighted by molar-refractivity contribution is 6.06. The van der Waals surface area contributed by atoms with E-state index in [-0.39, 0.29) is 0 Å². The van der Waals surface area contributed by atoms with Crippen molar-refractivity contribution in [2.75, 3.05) is 11.9 Å². The van der Waals surface area contributed by atoms with Gasteiger partial charge in [-0.15, -0.1) is 0 Å². The Labute approximate surface area is 83.4 Å². The zero-order chi connectivity index (χ0) is 9.97. The second-order valence-electron chi connectivity index (χ2n) is 3.46. The van der Waals surface area contributed by atoms with Crippen LogP contribution in [0.3, 0.4) is 0 Å². The largest absolute Gasteiger partial charge is 0.411 e. The molecule has 0 saturated heterocycles. The van der Waals surface area contributed by atoms with Crippen molar-refractivity contribution in [1.82, 2.24) is 0 Å². The van der Waals surface area contributed by atoms with Gasteiger partial charge >= 0.3 is 0 Å². The van der Waals surface area contributed by atoms with Gasteiger partial charge in [-0.05, 0) is 24.1 Å². The first-order chi connectivity index (χ1) is 6.85. The van der Waals surface area contributed by atoms with Crippen molar-refractivity contribution in [3.8, 4) is 0 Å². The zero-order valence-electron chi connectivity index (χ0n) is 8.25. The fourth-order valence-corrected chi connectivity index (χ4v) is 1.76. The van der Waals surface area contributed by atoms with Gasteiger partial charge in [0.2, 0.25) is 0 Å². The summed E-state index contributed by atoms with van der Waals surface area (Å²) in [4.78, 5) is 0. The van der Waals surface area contributed by atoms with Crippen LogP contribution >= 0.6 is 0 Å². The maximum atomic E-state index is 8.86. The molecule has 0 fully saturated rings. The fraction of sp³-hybridized carbons (Fsp3) is 0.364. The zero-order valence-corrected chi connectivity index (χ0v) is 8.25. The number of hydrogen-bond donors (Lipinski definition) is 2. The number of oxime groups is 1. The SMILES string of the molecule is CCc1ccc2c(c1)/C(=N/O)CCN2. The molecule has 14 heavy (non-hydrogen) atoms. The molecule has 3 nitrogen and oxygen atoms in total. The Morgan fingerprint density at radius 3 is 3.07 bits per heavy atom. The van der Waals surface area contributed by atoms with E-state index in [1.165, 1.54) is 5.56 Å². The lowest BCUT2D eigenvalue weighted by Crippen LogP contribution is -2.18. The molecule has 0 radical (unpaired) electrons. The summed E-state index contributed by atoms with van der Waals surface area (Å²) in [7, 11) is 0. The predicted octanol–water partition coefficient (Wildman–Crippen LogP) is 2.24. The molecule has 0 saturated carbocycles. The molecule has 1 aliphatic heterocycles. The van der Waals surface area contributed by atoms with E-state index >= 15 is 0 Å². The van der Waals surface area contributed by atoms with Gasteiger partial charge in [0.1, 0.15) is 0 Å². The Bertz CT molecular complexity index is 372. The van der Waals surface area contributed by atoms with E-state index in [1.54, 1.807) is 0 Å². The van der Waals surface area contributed by atoms with Gasteiger partial charge in [-0.2, -0.15) is 0 Å². The highest BCUT2D eigenvalue weighted by Crippen LogP contribution is 2.23. The summed E-state index contributed by atoms with van der Waals surface area (Å²) in [5.74, 6) is 0. The average molecular weight is 190 g/mol. The smallest absolute Gasteiger partial charge is 0.0906 e. The summed E-state index contributed by atoms with van der Waals surface area (Å²) < 4.78 is 0. The van der Waals surface area contributed by atoms with E-state index in [4.69, 9.17) is 5.21 Å². The molecule has 0 aromatic heterocycles. The van der Waals surface area contributed by atoms with E-state index in [2.05, 4.69) is 35.6 Å². The molecule has 3 heteroatoms. The van der Waals surface area contributed by atoms with Gasteiger partial charge in [-0.25, -0.2) is 0 Å². The molecule has 1 heterocycles. The summed E-state index contributed by atoms with van der Waals surface area (Å²) in [6.07, 6.45) is 1.79. The summed E-state index contributed by atoms with van der Waals surface area (Å²) in [6, 6.07) is 6.25. The number of anilines is 1. The minimum atomic E-state index is 0.786. The van der Waals surface area contributed by atoms with Gasteiger partial charge in [-0.3, -0.25) is 0 Å². The van der Waals surface area contributed by atoms with E-state index < -0.39 is 0 Å². The number of benzene rings is 1. The second-order valence-corrected chi connectivity index (χ2v) is 3.46. The molecule has 0 aliphatic carbocycles. The van der Waals surface area contributed by atoms with Gasteiger partial charge in [0, 0.05) is 24.2 Å². The predicted molar refractivity (Wildman–Crippen MR) is 57.3 cm³/mol. The average Bonchev–Trinajstić information content (AvgIpc) is 2.27. The highest BCUT2D eigenvalue weighted by Gasteiger charge is 2.15. The molecule has 2 N–H and O–H groups in total. The standard InChI is InChI=1S/C11H14N2O/c1-2-8-3-4-10-9(7-8)11(13-14)5-6-12-10/h3-4,7,12,14H,2,5-6H2,1H3/b13-11+. The van der Waals surface area contributed by atoms with Crippen LogP contribution in [0.5, 0.6) is 0 Å². The highest BCUT2D eigenvalue weighted by atomic mass is 16.4. The fourth-order valence-electron chi connectivity index (χ4n) is 1.76. The Kier molecular flexibility index (Phi) is 2.39. The van der Waals surface area contributed by atoms with Crippen LogP contribution in [-0.2, 0) is 6.42 Å². The molecule has 1 aromatic rings. The summed E-state index contributed by atoms with van der Waals surface area (Å²) >= 11 is 0. The number of nitrogens with zero attached hydrogens (tertiary/aromatic N) is 1. The van der Waals surface area contributed by atoms with Crippen molar-refractivity contribution >= 4 is 11.4 Å². The maximum Gasteiger partial charge on any atom is 0.0906 e. The van der Waals surface area contributed by atoms with Crippen LogP contribution in [0.4, 0.5) is 5.69 Å². The second kappa shape index (κ2) is 3.70. The summed E-state index contributed by atoms with van der Waals surface area (Å²) in [5.41, 5.74) is 4.17. The van der Waals surface area contributed by atoms with Crippen LogP contribution in [0, 0.1) is 0 Å². The van der Waals surface area contributed by atoms with Crippen LogP contribution in [0.1, 0.15) is 24.5 Å². The van der Waals surface area contributed by atoms with Crippen LogP contribution < -0.4 is 5.32 Å². The van der Waals surface area contributed by atoms with Gasteiger partial charge in [0.05, 0.1) is 5.71 Å². The maximum absolute atomic E-state index is 8.86. The molecule has 1 aromatic carbocycles. The first kappa shape index (κ1) is 9.06. The molecule has 0 bridgehead atoms. The van der Waals surface area contributed by atoms with E-state index in [0.717, 1.165) is 36.3 Å². The number of aryl methyl sites for hydroxylation is 1. The Balaban J connectivity index is 2.49. The van der Waals surface area contributed by atoms with Crippen molar-refractivity contribution < 1.29 is 5.21 Å². The first-order valence-corrected chi connectivity index (χ1v) is 4.93. The molecule has 0 amide bonds. The molecule has 0 atom stereocenters. The minimum Gasteiger partial charge on any atom is -0.411 e. The topological polar surface area (TPSA) is 44.6 Å². The van der Waals surface area contributed by atoms with Gasteiger partial charge in [0.25, 0.3) is 0 Å². The molecule has 0 unspecified atom stereocenters. The van der Waals surface area contributed by atoms with E-state index in [1.807, 2.05) is 0 Å². The summed E-state index contributed by atoms with van der Waals surface area (Å²) in [6.45, 7) is 2.96. The lowest BCUT2D eigenvalue weighted by atomic mass is 9.98. The normalized spacial score (nSPS) is 17.6. The quantitative estimate of drug-likeness (QED) is 0.527. The van der Waals surface area contributed by atoms with Crippen molar-refractivity contribution in [2.24, 2.45) is 5.16 Å². The number of fused-ring (bicyclic) bond motifs is 1. The number of rotatable bonds is 1. The third kappa shape index (κ3) is 1.45. The van der Waals surface area contributed by atoms with Crippen LogP contribution in [0.2, 0.25) is 0 Å². The first-order valence-electron chi connectivity index (χ1n) is 4.93.